The summed E-state index contributed by atoms with van der Waals surface area (Å²) >= 11 is 0. The summed E-state index contributed by atoms with van der Waals surface area (Å²) in [6.45, 7) is 0.456. The zero-order chi connectivity index (χ0) is 12.4. The molecule has 3 aromatic rings. The van der Waals surface area contributed by atoms with Crippen molar-refractivity contribution in [3.05, 3.63) is 60.3 Å². The van der Waals surface area contributed by atoms with Crippen molar-refractivity contribution in [2.45, 2.75) is 6.61 Å². The highest BCUT2D eigenvalue weighted by Crippen LogP contribution is 2.24. The summed E-state index contributed by atoms with van der Waals surface area (Å²) in [5.41, 5.74) is 1.69. The summed E-state index contributed by atoms with van der Waals surface area (Å²) in [4.78, 5) is 3.16. The highest BCUT2D eigenvalue weighted by atomic mass is 16.5. The number of para-hydroxylation sites is 2. The van der Waals surface area contributed by atoms with E-state index in [0.29, 0.717) is 6.61 Å². The monoisotopic (exact) mass is 239 g/mol. The number of aromatic hydroxyl groups is 1. The molecule has 1 heterocycles. The van der Waals surface area contributed by atoms with Crippen LogP contribution in [0.5, 0.6) is 11.5 Å². The van der Waals surface area contributed by atoms with Crippen molar-refractivity contribution >= 4 is 10.9 Å². The molecule has 0 saturated heterocycles. The van der Waals surface area contributed by atoms with Crippen molar-refractivity contribution in [1.29, 1.82) is 0 Å². The molecule has 2 N–H and O–H groups in total. The fourth-order valence-corrected chi connectivity index (χ4v) is 1.95. The van der Waals surface area contributed by atoms with Crippen molar-refractivity contribution in [2.75, 3.05) is 0 Å². The van der Waals surface area contributed by atoms with Crippen LogP contribution >= 0.6 is 0 Å². The Labute approximate surface area is 105 Å². The van der Waals surface area contributed by atoms with Crippen LogP contribution in [0.4, 0.5) is 0 Å². The molecule has 3 nitrogen and oxygen atoms in total. The number of nitrogens with one attached hydrogen (secondary N) is 1. The number of hydrogen-bond acceptors (Lipinski definition) is 2. The molecule has 0 aliphatic heterocycles. The molecule has 0 aliphatic rings. The van der Waals surface area contributed by atoms with E-state index in [1.165, 1.54) is 0 Å². The van der Waals surface area contributed by atoms with E-state index in [1.54, 1.807) is 6.07 Å². The first kappa shape index (κ1) is 10.7. The standard InChI is InChI=1S/C15H13NO2/c17-14-8-4-5-11-9-12(16-15(11)14)10-18-13-6-2-1-3-7-13/h1-9,16-17H,10H2. The number of benzene rings is 2. The second-order valence-corrected chi connectivity index (χ2v) is 4.14. The van der Waals surface area contributed by atoms with Crippen LogP contribution in [0.3, 0.4) is 0 Å². The molecule has 3 heteroatoms. The van der Waals surface area contributed by atoms with Gasteiger partial charge in [0.15, 0.2) is 0 Å². The lowest BCUT2D eigenvalue weighted by atomic mass is 10.2. The van der Waals surface area contributed by atoms with Gasteiger partial charge in [-0.2, -0.15) is 0 Å². The molecule has 2 aromatic carbocycles. The minimum atomic E-state index is 0.262. The highest BCUT2D eigenvalue weighted by Gasteiger charge is 2.04. The summed E-state index contributed by atoms with van der Waals surface area (Å²) in [6.07, 6.45) is 0. The van der Waals surface area contributed by atoms with Gasteiger partial charge in [-0.05, 0) is 24.3 Å². The summed E-state index contributed by atoms with van der Waals surface area (Å²) in [7, 11) is 0. The Morgan fingerprint density at radius 3 is 2.61 bits per heavy atom. The topological polar surface area (TPSA) is 45.2 Å². The molecular weight excluding hydrogens is 226 g/mol. The molecule has 0 radical (unpaired) electrons. The quantitative estimate of drug-likeness (QED) is 0.735. The summed E-state index contributed by atoms with van der Waals surface area (Å²) in [5, 5.41) is 10.7. The number of ether oxygens (including phenoxy) is 1. The smallest absolute Gasteiger partial charge is 0.139 e. The predicted octanol–water partition coefficient (Wildman–Crippen LogP) is 3.45. The molecule has 0 bridgehead atoms. The first-order valence-electron chi connectivity index (χ1n) is 5.80. The second-order valence-electron chi connectivity index (χ2n) is 4.14. The van der Waals surface area contributed by atoms with Crippen LogP contribution in [0.2, 0.25) is 0 Å². The fraction of sp³-hybridized carbons (Fsp3) is 0.0667. The van der Waals surface area contributed by atoms with E-state index < -0.39 is 0 Å². The van der Waals surface area contributed by atoms with E-state index in [9.17, 15) is 5.11 Å². The molecule has 18 heavy (non-hydrogen) atoms. The number of phenolic OH excluding ortho intramolecular Hbond substituents is 1. The lowest BCUT2D eigenvalue weighted by Gasteiger charge is -2.03. The summed E-state index contributed by atoms with van der Waals surface area (Å²) < 4.78 is 5.65. The third-order valence-electron chi connectivity index (χ3n) is 2.83. The Hall–Kier alpha value is -2.42. The Bertz CT molecular complexity index is 659. The SMILES string of the molecule is Oc1cccc2cc(COc3ccccc3)[nH]c12. The molecule has 0 aliphatic carbocycles. The molecule has 0 amide bonds. The number of aromatic nitrogens is 1. The van der Waals surface area contributed by atoms with E-state index in [4.69, 9.17) is 4.74 Å². The van der Waals surface area contributed by atoms with Gasteiger partial charge in [0.1, 0.15) is 18.1 Å². The van der Waals surface area contributed by atoms with Crippen LogP contribution in [0, 0.1) is 0 Å². The molecule has 0 spiro atoms. The summed E-state index contributed by atoms with van der Waals surface area (Å²) in [5.74, 6) is 1.10. The fourth-order valence-electron chi connectivity index (χ4n) is 1.95. The van der Waals surface area contributed by atoms with Gasteiger partial charge >= 0.3 is 0 Å². The van der Waals surface area contributed by atoms with E-state index in [0.717, 1.165) is 22.3 Å². The van der Waals surface area contributed by atoms with Gasteiger partial charge < -0.3 is 14.8 Å². The van der Waals surface area contributed by atoms with Crippen LogP contribution in [-0.2, 0) is 6.61 Å². The van der Waals surface area contributed by atoms with Crippen LogP contribution < -0.4 is 4.74 Å². The van der Waals surface area contributed by atoms with Crippen LogP contribution in [-0.4, -0.2) is 10.1 Å². The molecule has 0 fully saturated rings. The normalized spacial score (nSPS) is 10.7. The van der Waals surface area contributed by atoms with Crippen molar-refractivity contribution in [1.82, 2.24) is 4.98 Å². The summed E-state index contributed by atoms with van der Waals surface area (Å²) in [6, 6.07) is 17.1. The molecule has 0 unspecified atom stereocenters. The minimum absolute atomic E-state index is 0.262. The van der Waals surface area contributed by atoms with Crippen molar-refractivity contribution < 1.29 is 9.84 Å². The molecule has 1 aromatic heterocycles. The third-order valence-corrected chi connectivity index (χ3v) is 2.83. The number of fused-ring (bicyclic) bond motifs is 1. The zero-order valence-electron chi connectivity index (χ0n) is 9.76. The van der Waals surface area contributed by atoms with Crippen LogP contribution in [0.25, 0.3) is 10.9 Å². The van der Waals surface area contributed by atoms with Gasteiger partial charge in [-0.1, -0.05) is 30.3 Å². The first-order chi connectivity index (χ1) is 8.83. The lowest BCUT2D eigenvalue weighted by molar-refractivity contribution is 0.302. The largest absolute Gasteiger partial charge is 0.506 e. The number of rotatable bonds is 3. The van der Waals surface area contributed by atoms with Gasteiger partial charge in [-0.3, -0.25) is 0 Å². The maximum absolute atomic E-state index is 9.70. The molecule has 0 saturated carbocycles. The average molecular weight is 239 g/mol. The average Bonchev–Trinajstić information content (AvgIpc) is 2.82. The van der Waals surface area contributed by atoms with E-state index in [-0.39, 0.29) is 5.75 Å². The maximum Gasteiger partial charge on any atom is 0.139 e. The minimum Gasteiger partial charge on any atom is -0.506 e. The van der Waals surface area contributed by atoms with Gasteiger partial charge in [0, 0.05) is 5.39 Å². The molecular formula is C15H13NO2. The Kier molecular flexibility index (Phi) is 2.65. The lowest BCUT2D eigenvalue weighted by Crippen LogP contribution is -1.94. The Balaban J connectivity index is 1.81. The molecule has 90 valence electrons. The van der Waals surface area contributed by atoms with Gasteiger partial charge in [-0.15, -0.1) is 0 Å². The number of H-pyrrole nitrogens is 1. The van der Waals surface area contributed by atoms with Crippen molar-refractivity contribution in [3.8, 4) is 11.5 Å². The highest BCUT2D eigenvalue weighted by molar-refractivity contribution is 5.85. The molecule has 0 atom stereocenters. The van der Waals surface area contributed by atoms with Crippen LogP contribution in [0.15, 0.2) is 54.6 Å². The van der Waals surface area contributed by atoms with Crippen LogP contribution in [0.1, 0.15) is 5.69 Å². The van der Waals surface area contributed by atoms with Crippen molar-refractivity contribution in [2.24, 2.45) is 0 Å². The predicted molar refractivity (Wildman–Crippen MR) is 70.7 cm³/mol. The molecule has 3 rings (SSSR count). The Morgan fingerprint density at radius 2 is 1.83 bits per heavy atom. The number of aromatic amines is 1. The van der Waals surface area contributed by atoms with Gasteiger partial charge in [0.25, 0.3) is 0 Å². The van der Waals surface area contributed by atoms with E-state index >= 15 is 0 Å². The maximum atomic E-state index is 9.70. The first-order valence-corrected chi connectivity index (χ1v) is 5.80. The van der Waals surface area contributed by atoms with Gasteiger partial charge in [-0.25, -0.2) is 0 Å². The van der Waals surface area contributed by atoms with Gasteiger partial charge in [0.05, 0.1) is 11.2 Å². The zero-order valence-corrected chi connectivity index (χ0v) is 9.76. The number of phenols is 1. The Morgan fingerprint density at radius 1 is 1.00 bits per heavy atom. The van der Waals surface area contributed by atoms with E-state index in [2.05, 4.69) is 4.98 Å². The second kappa shape index (κ2) is 4.45. The van der Waals surface area contributed by atoms with Gasteiger partial charge in [0.2, 0.25) is 0 Å². The van der Waals surface area contributed by atoms with Crippen molar-refractivity contribution in [3.63, 3.8) is 0 Å². The van der Waals surface area contributed by atoms with E-state index in [1.807, 2.05) is 48.5 Å². The third kappa shape index (κ3) is 2.02. The number of hydrogen-bond donors (Lipinski definition) is 2.